The van der Waals surface area contributed by atoms with Gasteiger partial charge < -0.3 is 24.3 Å². The lowest BCUT2D eigenvalue weighted by molar-refractivity contribution is -0.137. The number of rotatable bonds is 8. The Morgan fingerprint density at radius 1 is 0.973 bits per heavy atom. The number of benzene rings is 3. The van der Waals surface area contributed by atoms with Crippen LogP contribution in [0.15, 0.2) is 88.1 Å². The topological polar surface area (TPSA) is 115 Å². The van der Waals surface area contributed by atoms with Crippen LogP contribution in [-0.2, 0) is 16.1 Å². The number of hydrogen-bond donors (Lipinski definition) is 2. The lowest BCUT2D eigenvalue weighted by atomic mass is 10.0. The largest absolute Gasteiger partial charge is 0.507 e. The Bertz CT molecular complexity index is 1450. The van der Waals surface area contributed by atoms with E-state index in [1.165, 1.54) is 18.2 Å². The van der Waals surface area contributed by atoms with E-state index in [0.29, 0.717) is 17.7 Å². The zero-order chi connectivity index (χ0) is 26.4. The fourth-order valence-electron chi connectivity index (χ4n) is 3.83. The molecule has 0 aliphatic carbocycles. The minimum Gasteiger partial charge on any atom is -0.507 e. The van der Waals surface area contributed by atoms with Crippen molar-refractivity contribution in [2.75, 3.05) is 0 Å². The first-order chi connectivity index (χ1) is 17.8. The van der Waals surface area contributed by atoms with Gasteiger partial charge in [-0.15, -0.1) is 0 Å². The average molecular weight is 502 g/mol. The van der Waals surface area contributed by atoms with Gasteiger partial charge in [0.05, 0.1) is 0 Å². The first-order valence-electron chi connectivity index (χ1n) is 11.9. The molecule has 8 heteroatoms. The highest BCUT2D eigenvalue weighted by Crippen LogP contribution is 2.31. The second-order valence-electron chi connectivity index (χ2n) is 8.97. The monoisotopic (exact) mass is 501 g/mol. The molecule has 1 amide bonds. The van der Waals surface area contributed by atoms with Crippen LogP contribution in [0.4, 0.5) is 4.79 Å². The fourth-order valence-corrected chi connectivity index (χ4v) is 3.83. The Hall–Kier alpha value is -4.59. The Morgan fingerprint density at radius 3 is 2.32 bits per heavy atom. The van der Waals surface area contributed by atoms with E-state index in [1.807, 2.05) is 62.4 Å². The van der Waals surface area contributed by atoms with Crippen molar-refractivity contribution in [3.05, 3.63) is 94.6 Å². The Kier molecular flexibility index (Phi) is 7.88. The van der Waals surface area contributed by atoms with Crippen molar-refractivity contribution in [2.45, 2.75) is 32.9 Å². The van der Waals surface area contributed by atoms with E-state index in [4.69, 9.17) is 13.9 Å². The molecule has 0 aliphatic heterocycles. The van der Waals surface area contributed by atoms with E-state index in [-0.39, 0.29) is 35.0 Å². The molecule has 0 aliphatic rings. The number of alkyl carbamates (subject to hydrolysis) is 1. The number of esters is 1. The Balaban J connectivity index is 1.53. The molecule has 1 aromatic heterocycles. The van der Waals surface area contributed by atoms with Crippen LogP contribution in [0.3, 0.4) is 0 Å². The summed E-state index contributed by atoms with van der Waals surface area (Å²) in [6.45, 7) is 3.86. The maximum absolute atomic E-state index is 13.0. The molecule has 0 saturated carbocycles. The maximum Gasteiger partial charge on any atom is 0.408 e. The van der Waals surface area contributed by atoms with Crippen molar-refractivity contribution in [3.63, 3.8) is 0 Å². The molecule has 0 spiro atoms. The summed E-state index contributed by atoms with van der Waals surface area (Å²) in [5.41, 5.74) is 1.11. The van der Waals surface area contributed by atoms with Crippen molar-refractivity contribution < 1.29 is 28.6 Å². The maximum atomic E-state index is 13.0. The number of nitrogens with one attached hydrogen (secondary N) is 1. The minimum absolute atomic E-state index is 0.0270. The average Bonchev–Trinajstić information content (AvgIpc) is 2.87. The van der Waals surface area contributed by atoms with E-state index in [0.717, 1.165) is 5.56 Å². The molecule has 0 saturated heterocycles. The number of hydrogen-bond acceptors (Lipinski definition) is 7. The molecule has 0 bridgehead atoms. The molecule has 0 unspecified atom stereocenters. The number of carbonyl (C=O) groups excluding carboxylic acids is 2. The standard InChI is InChI=1S/C29H27NO7/c1-18(2)13-22(30-29(34)35-17-19-9-5-3-6-10-19)28(33)36-21-14-23(31)27-24(32)16-25(37-26(27)15-21)20-11-7-4-8-12-20/h3-12,14-16,18,22,31H,13,17H2,1-2H3,(H,30,34)/t22-/m0/s1. The fraction of sp³-hybridized carbons (Fsp3) is 0.207. The van der Waals surface area contributed by atoms with Crippen molar-refractivity contribution in [3.8, 4) is 22.8 Å². The van der Waals surface area contributed by atoms with Gasteiger partial charge in [-0.3, -0.25) is 4.79 Å². The van der Waals surface area contributed by atoms with Crippen LogP contribution in [0.5, 0.6) is 11.5 Å². The number of fused-ring (bicyclic) bond motifs is 1. The van der Waals surface area contributed by atoms with Gasteiger partial charge in [-0.2, -0.15) is 0 Å². The van der Waals surface area contributed by atoms with Gasteiger partial charge in [0.2, 0.25) is 0 Å². The van der Waals surface area contributed by atoms with Crippen LogP contribution in [-0.4, -0.2) is 23.2 Å². The first-order valence-corrected chi connectivity index (χ1v) is 11.9. The molecular formula is C29H27NO7. The Morgan fingerprint density at radius 2 is 1.65 bits per heavy atom. The van der Waals surface area contributed by atoms with Crippen LogP contribution in [0, 0.1) is 5.92 Å². The molecule has 3 aromatic carbocycles. The van der Waals surface area contributed by atoms with E-state index in [2.05, 4.69) is 5.32 Å². The minimum atomic E-state index is -0.997. The van der Waals surface area contributed by atoms with Crippen molar-refractivity contribution in [2.24, 2.45) is 5.92 Å². The lowest BCUT2D eigenvalue weighted by Crippen LogP contribution is -2.44. The van der Waals surface area contributed by atoms with Gasteiger partial charge in [0.1, 0.15) is 40.9 Å². The Labute approximate surface area is 213 Å². The molecule has 8 nitrogen and oxygen atoms in total. The second-order valence-corrected chi connectivity index (χ2v) is 8.97. The smallest absolute Gasteiger partial charge is 0.408 e. The molecule has 1 heterocycles. The highest BCUT2D eigenvalue weighted by molar-refractivity contribution is 5.88. The highest BCUT2D eigenvalue weighted by Gasteiger charge is 2.25. The van der Waals surface area contributed by atoms with Crippen molar-refractivity contribution in [1.82, 2.24) is 5.32 Å². The third-order valence-electron chi connectivity index (χ3n) is 5.56. The SMILES string of the molecule is CC(C)C[C@H](NC(=O)OCc1ccccc1)C(=O)Oc1cc(O)c2c(=O)cc(-c3ccccc3)oc2c1. The molecule has 1 atom stereocenters. The summed E-state index contributed by atoms with van der Waals surface area (Å²) in [7, 11) is 0. The summed E-state index contributed by atoms with van der Waals surface area (Å²) >= 11 is 0. The van der Waals surface area contributed by atoms with E-state index in [9.17, 15) is 19.5 Å². The predicted molar refractivity (Wildman–Crippen MR) is 138 cm³/mol. The number of aromatic hydroxyl groups is 1. The van der Waals surface area contributed by atoms with Gasteiger partial charge in [-0.25, -0.2) is 9.59 Å². The number of phenolic OH excluding ortho intramolecular Hbond substituents is 1. The van der Waals surface area contributed by atoms with Gasteiger partial charge in [0.25, 0.3) is 0 Å². The zero-order valence-corrected chi connectivity index (χ0v) is 20.5. The number of carbonyl (C=O) groups is 2. The summed E-state index contributed by atoms with van der Waals surface area (Å²) in [4.78, 5) is 38.0. The van der Waals surface area contributed by atoms with Crippen LogP contribution >= 0.6 is 0 Å². The lowest BCUT2D eigenvalue weighted by Gasteiger charge is -2.19. The van der Waals surface area contributed by atoms with E-state index in [1.54, 1.807) is 12.1 Å². The number of phenols is 1. The van der Waals surface area contributed by atoms with Crippen LogP contribution in [0.1, 0.15) is 25.8 Å². The summed E-state index contributed by atoms with van der Waals surface area (Å²) in [5, 5.41) is 13.0. The summed E-state index contributed by atoms with van der Waals surface area (Å²) in [6, 6.07) is 21.0. The second kappa shape index (κ2) is 11.4. The van der Waals surface area contributed by atoms with E-state index < -0.39 is 23.5 Å². The summed E-state index contributed by atoms with van der Waals surface area (Å²) in [5.74, 6) is -0.795. The molecule has 37 heavy (non-hydrogen) atoms. The molecule has 0 radical (unpaired) electrons. The normalized spacial score (nSPS) is 11.8. The van der Waals surface area contributed by atoms with E-state index >= 15 is 0 Å². The summed E-state index contributed by atoms with van der Waals surface area (Å²) < 4.78 is 16.6. The van der Waals surface area contributed by atoms with Crippen LogP contribution in [0.2, 0.25) is 0 Å². The molecule has 4 aromatic rings. The van der Waals surface area contributed by atoms with Gasteiger partial charge >= 0.3 is 12.1 Å². The molecular weight excluding hydrogens is 474 g/mol. The third kappa shape index (κ3) is 6.55. The van der Waals surface area contributed by atoms with Crippen LogP contribution in [0.25, 0.3) is 22.3 Å². The zero-order valence-electron chi connectivity index (χ0n) is 20.5. The quantitative estimate of drug-likeness (QED) is 0.245. The van der Waals surface area contributed by atoms with Gasteiger partial charge in [0, 0.05) is 23.8 Å². The van der Waals surface area contributed by atoms with Crippen molar-refractivity contribution in [1.29, 1.82) is 0 Å². The molecule has 0 fully saturated rings. The first kappa shape index (κ1) is 25.5. The van der Waals surface area contributed by atoms with Crippen LogP contribution < -0.4 is 15.5 Å². The molecule has 4 rings (SSSR count). The number of amides is 1. The molecule has 190 valence electrons. The van der Waals surface area contributed by atoms with Gasteiger partial charge in [0.15, 0.2) is 5.43 Å². The predicted octanol–water partition coefficient (Wildman–Crippen LogP) is 5.41. The van der Waals surface area contributed by atoms with Gasteiger partial charge in [-0.05, 0) is 17.9 Å². The highest BCUT2D eigenvalue weighted by atomic mass is 16.6. The third-order valence-corrected chi connectivity index (χ3v) is 5.56. The molecule has 2 N–H and O–H groups in total. The van der Waals surface area contributed by atoms with Crippen molar-refractivity contribution >= 4 is 23.0 Å². The van der Waals surface area contributed by atoms with Gasteiger partial charge in [-0.1, -0.05) is 74.5 Å². The number of ether oxygens (including phenoxy) is 2. The summed E-state index contributed by atoms with van der Waals surface area (Å²) in [6.07, 6.45) is -0.460.